The molecule has 0 spiro atoms. The van der Waals surface area contributed by atoms with E-state index in [4.69, 9.17) is 0 Å². The minimum Gasteiger partial charge on any atom is -0.276 e. The van der Waals surface area contributed by atoms with Gasteiger partial charge in [0.25, 0.3) is 0 Å². The van der Waals surface area contributed by atoms with Crippen LogP contribution in [0.5, 0.6) is 0 Å². The Morgan fingerprint density at radius 2 is 2.27 bits per heavy atom. The van der Waals surface area contributed by atoms with Crippen molar-refractivity contribution < 1.29 is 8.42 Å². The summed E-state index contributed by atoms with van der Waals surface area (Å²) in [5.41, 5.74) is 2.47. The number of nitrogens with zero attached hydrogens (tertiary/aromatic N) is 4. The lowest BCUT2D eigenvalue weighted by Crippen LogP contribution is -2.39. The molecule has 0 saturated carbocycles. The number of rotatable bonds is 4. The molecule has 1 N–H and O–H groups in total. The van der Waals surface area contributed by atoms with Crippen LogP contribution < -0.4 is 0 Å². The normalized spacial score (nSPS) is 20.1. The van der Waals surface area contributed by atoms with Gasteiger partial charge in [0, 0.05) is 25.5 Å². The van der Waals surface area contributed by atoms with Gasteiger partial charge in [-0.05, 0) is 31.2 Å². The molecule has 7 nitrogen and oxygen atoms in total. The van der Waals surface area contributed by atoms with Gasteiger partial charge in [-0.15, -0.1) is 0 Å². The zero-order chi connectivity index (χ0) is 15.6. The summed E-state index contributed by atoms with van der Waals surface area (Å²) >= 11 is 0. The molecule has 3 rings (SSSR count). The standard InChI is InChI=1S/C14H19N5O2S/c1-22(20,21)19-6-2-3-11(10-19)7-12-8-15-9-14(17-12)13-4-5-16-18-13/h4-5,8-9,11H,2-3,6-7,10H2,1H3,(H,16,18)/t11-/m0/s1. The fourth-order valence-electron chi connectivity index (χ4n) is 2.82. The van der Waals surface area contributed by atoms with Crippen LogP contribution >= 0.6 is 0 Å². The molecule has 1 aliphatic rings. The third-order valence-corrected chi connectivity index (χ3v) is 5.18. The first-order chi connectivity index (χ1) is 10.5. The van der Waals surface area contributed by atoms with Crippen molar-refractivity contribution in [3.8, 4) is 11.4 Å². The molecular formula is C14H19N5O2S. The van der Waals surface area contributed by atoms with Gasteiger partial charge in [0.1, 0.15) is 5.69 Å². The highest BCUT2D eigenvalue weighted by Gasteiger charge is 2.26. The first-order valence-corrected chi connectivity index (χ1v) is 9.13. The van der Waals surface area contributed by atoms with E-state index < -0.39 is 10.0 Å². The van der Waals surface area contributed by atoms with Gasteiger partial charge in [-0.3, -0.25) is 10.1 Å². The van der Waals surface area contributed by atoms with Gasteiger partial charge in [-0.25, -0.2) is 17.7 Å². The molecule has 0 amide bonds. The van der Waals surface area contributed by atoms with Gasteiger partial charge < -0.3 is 0 Å². The quantitative estimate of drug-likeness (QED) is 0.910. The molecule has 0 unspecified atom stereocenters. The summed E-state index contributed by atoms with van der Waals surface area (Å²) in [6, 6.07) is 1.85. The van der Waals surface area contributed by atoms with E-state index in [1.165, 1.54) is 6.26 Å². The number of hydrogen-bond donors (Lipinski definition) is 1. The molecule has 0 radical (unpaired) electrons. The molecule has 1 fully saturated rings. The maximum Gasteiger partial charge on any atom is 0.211 e. The Morgan fingerprint density at radius 3 is 3.00 bits per heavy atom. The summed E-state index contributed by atoms with van der Waals surface area (Å²) in [5.74, 6) is 0.287. The molecule has 3 heterocycles. The molecule has 1 saturated heterocycles. The van der Waals surface area contributed by atoms with Crippen molar-refractivity contribution >= 4 is 10.0 Å². The van der Waals surface area contributed by atoms with E-state index in [-0.39, 0.29) is 5.92 Å². The van der Waals surface area contributed by atoms with Gasteiger partial charge >= 0.3 is 0 Å². The van der Waals surface area contributed by atoms with Gasteiger partial charge in [-0.1, -0.05) is 0 Å². The maximum absolute atomic E-state index is 11.7. The van der Waals surface area contributed by atoms with E-state index in [0.717, 1.165) is 36.3 Å². The van der Waals surface area contributed by atoms with Crippen molar-refractivity contribution in [2.24, 2.45) is 5.92 Å². The van der Waals surface area contributed by atoms with Crippen LogP contribution in [0.3, 0.4) is 0 Å². The molecule has 2 aromatic rings. The van der Waals surface area contributed by atoms with Crippen LogP contribution in [0.1, 0.15) is 18.5 Å². The lowest BCUT2D eigenvalue weighted by molar-refractivity contribution is 0.265. The van der Waals surface area contributed by atoms with Crippen molar-refractivity contribution in [3.05, 3.63) is 30.4 Å². The Balaban J connectivity index is 1.72. The monoisotopic (exact) mass is 321 g/mol. The van der Waals surface area contributed by atoms with Crippen molar-refractivity contribution in [1.29, 1.82) is 0 Å². The Morgan fingerprint density at radius 1 is 1.41 bits per heavy atom. The second-order valence-electron chi connectivity index (χ2n) is 5.70. The number of piperidine rings is 1. The Kier molecular flexibility index (Phi) is 4.21. The van der Waals surface area contributed by atoms with Crippen molar-refractivity contribution in [3.63, 3.8) is 0 Å². The van der Waals surface area contributed by atoms with E-state index in [2.05, 4.69) is 20.2 Å². The summed E-state index contributed by atoms with van der Waals surface area (Å²) in [7, 11) is -3.11. The van der Waals surface area contributed by atoms with Gasteiger partial charge in [0.15, 0.2) is 0 Å². The van der Waals surface area contributed by atoms with E-state index in [1.54, 1.807) is 22.9 Å². The number of nitrogens with one attached hydrogen (secondary N) is 1. The molecule has 1 atom stereocenters. The smallest absolute Gasteiger partial charge is 0.211 e. The summed E-state index contributed by atoms with van der Waals surface area (Å²) in [5, 5.41) is 6.79. The molecule has 0 aromatic carbocycles. The summed E-state index contributed by atoms with van der Waals surface area (Å²) in [4.78, 5) is 8.83. The average molecular weight is 321 g/mol. The molecule has 118 valence electrons. The lowest BCUT2D eigenvalue weighted by atomic mass is 9.95. The zero-order valence-electron chi connectivity index (χ0n) is 12.4. The highest BCUT2D eigenvalue weighted by molar-refractivity contribution is 7.88. The van der Waals surface area contributed by atoms with Gasteiger partial charge in [-0.2, -0.15) is 5.10 Å². The lowest BCUT2D eigenvalue weighted by Gasteiger charge is -2.30. The maximum atomic E-state index is 11.7. The Bertz CT molecular complexity index is 729. The summed E-state index contributed by atoms with van der Waals surface area (Å²) in [6.45, 7) is 1.18. The number of aromatic amines is 1. The summed E-state index contributed by atoms with van der Waals surface area (Å²) in [6.07, 6.45) is 9.04. The second kappa shape index (κ2) is 6.13. The SMILES string of the molecule is CS(=O)(=O)N1CCC[C@@H](Cc2cncc(-c3ccn[nH]3)n2)C1. The van der Waals surface area contributed by atoms with Gasteiger partial charge in [0.05, 0.1) is 23.8 Å². The first-order valence-electron chi connectivity index (χ1n) is 7.28. The highest BCUT2D eigenvalue weighted by Crippen LogP contribution is 2.22. The van der Waals surface area contributed by atoms with Crippen LogP contribution in [0.2, 0.25) is 0 Å². The predicted octanol–water partition coefficient (Wildman–Crippen LogP) is 1.08. The highest BCUT2D eigenvalue weighted by atomic mass is 32.2. The average Bonchev–Trinajstić information content (AvgIpc) is 3.01. The van der Waals surface area contributed by atoms with Crippen LogP contribution in [0.15, 0.2) is 24.7 Å². The Hall–Kier alpha value is -1.80. The van der Waals surface area contributed by atoms with E-state index in [0.29, 0.717) is 13.1 Å². The van der Waals surface area contributed by atoms with Crippen LogP contribution in [0.4, 0.5) is 0 Å². The molecule has 0 aliphatic carbocycles. The van der Waals surface area contributed by atoms with Crippen molar-refractivity contribution in [2.45, 2.75) is 19.3 Å². The minimum atomic E-state index is -3.11. The number of hydrogen-bond acceptors (Lipinski definition) is 5. The van der Waals surface area contributed by atoms with Crippen LogP contribution in [0, 0.1) is 5.92 Å². The predicted molar refractivity (Wildman–Crippen MR) is 82.5 cm³/mol. The van der Waals surface area contributed by atoms with Crippen molar-refractivity contribution in [2.75, 3.05) is 19.3 Å². The van der Waals surface area contributed by atoms with E-state index >= 15 is 0 Å². The zero-order valence-corrected chi connectivity index (χ0v) is 13.3. The van der Waals surface area contributed by atoms with E-state index in [1.807, 2.05) is 6.07 Å². The third-order valence-electron chi connectivity index (χ3n) is 3.91. The van der Waals surface area contributed by atoms with Crippen LogP contribution in [-0.4, -0.2) is 52.2 Å². The van der Waals surface area contributed by atoms with Gasteiger partial charge in [0.2, 0.25) is 10.0 Å². The molecular weight excluding hydrogens is 302 g/mol. The second-order valence-corrected chi connectivity index (χ2v) is 7.68. The molecule has 2 aromatic heterocycles. The third kappa shape index (κ3) is 3.50. The molecule has 1 aliphatic heterocycles. The fourth-order valence-corrected chi connectivity index (χ4v) is 3.77. The van der Waals surface area contributed by atoms with Crippen molar-refractivity contribution in [1.82, 2.24) is 24.5 Å². The Labute approximate surface area is 129 Å². The van der Waals surface area contributed by atoms with Crippen LogP contribution in [-0.2, 0) is 16.4 Å². The number of H-pyrrole nitrogens is 1. The van der Waals surface area contributed by atoms with E-state index in [9.17, 15) is 8.42 Å². The molecule has 22 heavy (non-hydrogen) atoms. The first kappa shape index (κ1) is 15.1. The number of sulfonamides is 1. The van der Waals surface area contributed by atoms with Crippen LogP contribution in [0.25, 0.3) is 11.4 Å². The molecule has 0 bridgehead atoms. The summed E-state index contributed by atoms with van der Waals surface area (Å²) < 4.78 is 24.9. The molecule has 8 heteroatoms. The number of aromatic nitrogens is 4. The minimum absolute atomic E-state index is 0.287. The topological polar surface area (TPSA) is 91.8 Å². The fraction of sp³-hybridized carbons (Fsp3) is 0.500. The largest absolute Gasteiger partial charge is 0.276 e.